The molecule has 0 saturated heterocycles. The molecule has 1 aromatic carbocycles. The Labute approximate surface area is 138 Å². The molecule has 5 nitrogen and oxygen atoms in total. The standard InChI is InChI=1S/C18H29NO4/c1-3-4-5-6-7-8-9-12-18(22,17(19)21)14-10-11-15(20)16(13-14)23-2/h10-11,13,20,22H,3-9,12H2,1-2H3,(H2,19,21). The SMILES string of the molecule is CCCCCCCCCC(O)(C(N)=O)c1ccc(O)c(OC)c1. The summed E-state index contributed by atoms with van der Waals surface area (Å²) in [6.07, 6.45) is 7.89. The van der Waals surface area contributed by atoms with Gasteiger partial charge in [-0.15, -0.1) is 0 Å². The Hall–Kier alpha value is -1.75. The highest BCUT2D eigenvalue weighted by atomic mass is 16.5. The van der Waals surface area contributed by atoms with Crippen LogP contribution in [0.1, 0.15) is 63.9 Å². The molecule has 1 amide bonds. The van der Waals surface area contributed by atoms with Crippen molar-refractivity contribution in [3.8, 4) is 11.5 Å². The molecule has 0 aliphatic carbocycles. The van der Waals surface area contributed by atoms with Crippen molar-refractivity contribution in [2.24, 2.45) is 5.73 Å². The molecule has 0 aliphatic heterocycles. The van der Waals surface area contributed by atoms with Gasteiger partial charge in [-0.05, 0) is 30.5 Å². The zero-order valence-corrected chi connectivity index (χ0v) is 14.2. The lowest BCUT2D eigenvalue weighted by Gasteiger charge is -2.25. The Morgan fingerprint density at radius 1 is 1.17 bits per heavy atom. The van der Waals surface area contributed by atoms with Crippen molar-refractivity contribution >= 4 is 5.91 Å². The van der Waals surface area contributed by atoms with Crippen LogP contribution in [-0.4, -0.2) is 23.2 Å². The molecule has 1 atom stereocenters. The maximum absolute atomic E-state index is 11.8. The Bertz CT molecular complexity index is 504. The molecule has 0 saturated carbocycles. The summed E-state index contributed by atoms with van der Waals surface area (Å²) in [6.45, 7) is 2.18. The molecule has 5 heteroatoms. The number of hydrogen-bond donors (Lipinski definition) is 3. The van der Waals surface area contributed by atoms with Crippen molar-refractivity contribution in [2.75, 3.05) is 7.11 Å². The number of rotatable bonds is 11. The monoisotopic (exact) mass is 323 g/mol. The number of benzene rings is 1. The first-order chi connectivity index (χ1) is 11.0. The summed E-state index contributed by atoms with van der Waals surface area (Å²) >= 11 is 0. The van der Waals surface area contributed by atoms with Crippen LogP contribution in [0.3, 0.4) is 0 Å². The van der Waals surface area contributed by atoms with Crippen molar-refractivity contribution in [2.45, 2.75) is 63.9 Å². The summed E-state index contributed by atoms with van der Waals surface area (Å²) in [5, 5.41) is 20.3. The average Bonchev–Trinajstić information content (AvgIpc) is 2.54. The number of ether oxygens (including phenoxy) is 1. The van der Waals surface area contributed by atoms with Crippen LogP contribution >= 0.6 is 0 Å². The molecule has 1 rings (SSSR count). The predicted molar refractivity (Wildman–Crippen MR) is 90.4 cm³/mol. The summed E-state index contributed by atoms with van der Waals surface area (Å²) in [5.74, 6) is -0.614. The van der Waals surface area contributed by atoms with E-state index in [4.69, 9.17) is 10.5 Å². The number of carbonyl (C=O) groups excluding carboxylic acids is 1. The predicted octanol–water partition coefficient (Wildman–Crippen LogP) is 3.21. The first-order valence-electron chi connectivity index (χ1n) is 8.35. The fourth-order valence-corrected chi connectivity index (χ4v) is 2.68. The lowest BCUT2D eigenvalue weighted by atomic mass is 9.87. The molecular formula is C18H29NO4. The van der Waals surface area contributed by atoms with Gasteiger partial charge in [0.15, 0.2) is 17.1 Å². The summed E-state index contributed by atoms with van der Waals surface area (Å²) in [4.78, 5) is 11.8. The largest absolute Gasteiger partial charge is 0.504 e. The Balaban J connectivity index is 2.67. The fraction of sp³-hybridized carbons (Fsp3) is 0.611. The number of nitrogens with two attached hydrogens (primary N) is 1. The third-order valence-electron chi connectivity index (χ3n) is 4.21. The van der Waals surface area contributed by atoms with Crippen LogP contribution in [0, 0.1) is 0 Å². The Morgan fingerprint density at radius 2 is 1.78 bits per heavy atom. The molecular weight excluding hydrogens is 294 g/mol. The van der Waals surface area contributed by atoms with Crippen LogP contribution in [0.2, 0.25) is 0 Å². The van der Waals surface area contributed by atoms with Gasteiger partial charge >= 0.3 is 0 Å². The van der Waals surface area contributed by atoms with Gasteiger partial charge in [0.25, 0.3) is 5.91 Å². The van der Waals surface area contributed by atoms with Crippen LogP contribution in [0.4, 0.5) is 0 Å². The van der Waals surface area contributed by atoms with Gasteiger partial charge in [-0.2, -0.15) is 0 Å². The summed E-state index contributed by atoms with van der Waals surface area (Å²) in [6, 6.07) is 4.36. The van der Waals surface area contributed by atoms with E-state index in [1.165, 1.54) is 51.0 Å². The molecule has 23 heavy (non-hydrogen) atoms. The van der Waals surface area contributed by atoms with Crippen LogP contribution < -0.4 is 10.5 Å². The van der Waals surface area contributed by atoms with Gasteiger partial charge in [0, 0.05) is 0 Å². The van der Waals surface area contributed by atoms with E-state index in [-0.39, 0.29) is 17.9 Å². The Morgan fingerprint density at radius 3 is 2.35 bits per heavy atom. The van der Waals surface area contributed by atoms with E-state index in [9.17, 15) is 15.0 Å². The zero-order valence-electron chi connectivity index (χ0n) is 14.2. The lowest BCUT2D eigenvalue weighted by molar-refractivity contribution is -0.138. The number of methoxy groups -OCH3 is 1. The number of aliphatic hydroxyl groups is 1. The highest BCUT2D eigenvalue weighted by molar-refractivity contribution is 5.84. The van der Waals surface area contributed by atoms with Gasteiger partial charge < -0.3 is 20.7 Å². The Kier molecular flexibility index (Phi) is 7.89. The topological polar surface area (TPSA) is 92.8 Å². The molecule has 0 radical (unpaired) electrons. The number of phenols is 1. The highest BCUT2D eigenvalue weighted by Gasteiger charge is 2.36. The number of unbranched alkanes of at least 4 members (excludes halogenated alkanes) is 6. The smallest absolute Gasteiger partial charge is 0.254 e. The first kappa shape index (κ1) is 19.3. The maximum atomic E-state index is 11.8. The van der Waals surface area contributed by atoms with E-state index in [1.807, 2.05) is 0 Å². The molecule has 4 N–H and O–H groups in total. The minimum Gasteiger partial charge on any atom is -0.504 e. The summed E-state index contributed by atoms with van der Waals surface area (Å²) in [5.41, 5.74) is 4.04. The minimum atomic E-state index is -1.73. The van der Waals surface area contributed by atoms with E-state index in [2.05, 4.69) is 6.92 Å². The molecule has 130 valence electrons. The molecule has 0 aromatic heterocycles. The van der Waals surface area contributed by atoms with Gasteiger partial charge in [0.2, 0.25) is 0 Å². The quantitative estimate of drug-likeness (QED) is 0.545. The van der Waals surface area contributed by atoms with Gasteiger partial charge in [-0.3, -0.25) is 4.79 Å². The second-order valence-corrected chi connectivity index (χ2v) is 5.98. The van der Waals surface area contributed by atoms with E-state index in [0.717, 1.165) is 19.3 Å². The van der Waals surface area contributed by atoms with Gasteiger partial charge in [-0.25, -0.2) is 0 Å². The first-order valence-corrected chi connectivity index (χ1v) is 8.35. The van der Waals surface area contributed by atoms with Crippen molar-refractivity contribution in [3.63, 3.8) is 0 Å². The van der Waals surface area contributed by atoms with Crippen LogP contribution in [-0.2, 0) is 10.4 Å². The van der Waals surface area contributed by atoms with E-state index in [0.29, 0.717) is 5.56 Å². The van der Waals surface area contributed by atoms with Gasteiger partial charge in [-0.1, -0.05) is 51.5 Å². The molecule has 0 heterocycles. The third kappa shape index (κ3) is 5.43. The fourth-order valence-electron chi connectivity index (χ4n) is 2.68. The molecule has 1 aromatic rings. The van der Waals surface area contributed by atoms with Crippen molar-refractivity contribution < 1.29 is 19.7 Å². The minimum absolute atomic E-state index is 0.0426. The number of aromatic hydroxyl groups is 1. The van der Waals surface area contributed by atoms with Crippen molar-refractivity contribution in [1.82, 2.24) is 0 Å². The van der Waals surface area contributed by atoms with Gasteiger partial charge in [0.05, 0.1) is 7.11 Å². The lowest BCUT2D eigenvalue weighted by Crippen LogP contribution is -2.41. The summed E-state index contributed by atoms with van der Waals surface area (Å²) in [7, 11) is 1.42. The van der Waals surface area contributed by atoms with Crippen LogP contribution in [0.5, 0.6) is 11.5 Å². The third-order valence-corrected chi connectivity index (χ3v) is 4.21. The molecule has 1 unspecified atom stereocenters. The van der Waals surface area contributed by atoms with Crippen molar-refractivity contribution in [3.05, 3.63) is 23.8 Å². The molecule has 0 bridgehead atoms. The normalized spacial score (nSPS) is 13.5. The molecule has 0 fully saturated rings. The van der Waals surface area contributed by atoms with Crippen molar-refractivity contribution in [1.29, 1.82) is 0 Å². The number of amides is 1. The maximum Gasteiger partial charge on any atom is 0.254 e. The number of phenolic OH excluding ortho intramolecular Hbond substituents is 1. The number of primary amides is 1. The highest BCUT2D eigenvalue weighted by Crippen LogP contribution is 2.34. The second kappa shape index (κ2) is 9.40. The van der Waals surface area contributed by atoms with Crippen LogP contribution in [0.15, 0.2) is 18.2 Å². The average molecular weight is 323 g/mol. The molecule has 0 aliphatic rings. The van der Waals surface area contributed by atoms with E-state index in [1.54, 1.807) is 0 Å². The summed E-state index contributed by atoms with van der Waals surface area (Å²) < 4.78 is 5.03. The second-order valence-electron chi connectivity index (χ2n) is 5.98. The van der Waals surface area contributed by atoms with E-state index >= 15 is 0 Å². The van der Waals surface area contributed by atoms with Crippen LogP contribution in [0.25, 0.3) is 0 Å². The van der Waals surface area contributed by atoms with E-state index < -0.39 is 11.5 Å². The van der Waals surface area contributed by atoms with Gasteiger partial charge in [0.1, 0.15) is 0 Å². The zero-order chi connectivity index (χ0) is 17.3. The number of carbonyl (C=O) groups is 1. The molecule has 0 spiro atoms. The number of hydrogen-bond acceptors (Lipinski definition) is 4.